The zero-order valence-electron chi connectivity index (χ0n) is 12.5. The van der Waals surface area contributed by atoms with Gasteiger partial charge in [0.05, 0.1) is 17.0 Å². The van der Waals surface area contributed by atoms with Crippen molar-refractivity contribution in [2.75, 3.05) is 0 Å². The monoisotopic (exact) mass is 330 g/mol. The first kappa shape index (κ1) is 15.7. The van der Waals surface area contributed by atoms with Gasteiger partial charge in [-0.1, -0.05) is 18.2 Å². The summed E-state index contributed by atoms with van der Waals surface area (Å²) in [5.74, 6) is -1.74. The van der Waals surface area contributed by atoms with Gasteiger partial charge in [0.25, 0.3) is 11.6 Å². The zero-order valence-corrected chi connectivity index (χ0v) is 12.5. The van der Waals surface area contributed by atoms with Crippen LogP contribution in [-0.2, 0) is 6.54 Å². The molecule has 124 valence electrons. The Morgan fingerprint density at radius 3 is 2.62 bits per heavy atom. The van der Waals surface area contributed by atoms with Crippen LogP contribution in [0.15, 0.2) is 41.0 Å². The van der Waals surface area contributed by atoms with Crippen LogP contribution < -0.4 is 0 Å². The van der Waals surface area contributed by atoms with Crippen molar-refractivity contribution in [1.82, 2.24) is 4.90 Å². The van der Waals surface area contributed by atoms with Gasteiger partial charge in [-0.3, -0.25) is 14.9 Å². The second-order valence-electron chi connectivity index (χ2n) is 5.55. The molecule has 0 aliphatic heterocycles. The Labute approximate surface area is 136 Å². The molecule has 0 bridgehead atoms. The number of para-hydroxylation sites is 1. The summed E-state index contributed by atoms with van der Waals surface area (Å²) < 4.78 is 5.06. The molecule has 1 aliphatic carbocycles. The number of carboxylic acids is 1. The Kier molecular flexibility index (Phi) is 4.03. The van der Waals surface area contributed by atoms with Crippen LogP contribution in [0.4, 0.5) is 5.69 Å². The number of amides is 1. The molecular weight excluding hydrogens is 316 g/mol. The molecule has 1 aromatic heterocycles. The maximum atomic E-state index is 12.6. The first-order chi connectivity index (χ1) is 11.5. The molecule has 3 rings (SSSR count). The number of hydrogen-bond donors (Lipinski definition) is 1. The number of carboxylic acid groups (broad SMARTS) is 1. The third-order valence-electron chi connectivity index (χ3n) is 3.83. The number of carbonyl (C=O) groups excluding carboxylic acids is 1. The van der Waals surface area contributed by atoms with E-state index in [2.05, 4.69) is 0 Å². The highest BCUT2D eigenvalue weighted by atomic mass is 16.6. The van der Waals surface area contributed by atoms with Crippen molar-refractivity contribution in [2.24, 2.45) is 0 Å². The molecule has 1 heterocycles. The van der Waals surface area contributed by atoms with E-state index in [-0.39, 0.29) is 29.6 Å². The number of furan rings is 1. The molecule has 1 saturated carbocycles. The van der Waals surface area contributed by atoms with Gasteiger partial charge in [-0.15, -0.1) is 0 Å². The molecule has 0 saturated heterocycles. The van der Waals surface area contributed by atoms with E-state index >= 15 is 0 Å². The molecule has 0 radical (unpaired) electrons. The number of rotatable bonds is 6. The predicted octanol–water partition coefficient (Wildman–Crippen LogP) is 2.69. The van der Waals surface area contributed by atoms with Crippen LogP contribution in [0.5, 0.6) is 0 Å². The van der Waals surface area contributed by atoms with E-state index in [0.29, 0.717) is 5.56 Å². The van der Waals surface area contributed by atoms with Crippen LogP contribution in [0.25, 0.3) is 0 Å². The number of nitro groups is 1. The molecule has 1 amide bonds. The van der Waals surface area contributed by atoms with Crippen LogP contribution in [0, 0.1) is 10.1 Å². The van der Waals surface area contributed by atoms with Gasteiger partial charge in [-0.25, -0.2) is 4.79 Å². The highest BCUT2D eigenvalue weighted by molar-refractivity contribution is 5.95. The van der Waals surface area contributed by atoms with Crippen molar-refractivity contribution in [2.45, 2.75) is 25.4 Å². The summed E-state index contributed by atoms with van der Waals surface area (Å²) in [6, 6.07) is 7.38. The van der Waals surface area contributed by atoms with Crippen LogP contribution in [-0.4, -0.2) is 32.8 Å². The van der Waals surface area contributed by atoms with Gasteiger partial charge in [0.1, 0.15) is 6.26 Å². The Bertz CT molecular complexity index is 808. The SMILES string of the molecule is O=C(O)c1coc(C(=O)N(Cc2ccccc2[N+](=O)[O-])C2CC2)c1. The molecule has 0 spiro atoms. The smallest absolute Gasteiger partial charge is 0.338 e. The lowest BCUT2D eigenvalue weighted by Crippen LogP contribution is -2.32. The number of benzene rings is 1. The lowest BCUT2D eigenvalue weighted by Gasteiger charge is -2.21. The van der Waals surface area contributed by atoms with Crippen LogP contribution in [0.2, 0.25) is 0 Å². The van der Waals surface area contributed by atoms with Crippen LogP contribution in [0.1, 0.15) is 39.3 Å². The number of hydrogen-bond acceptors (Lipinski definition) is 5. The van der Waals surface area contributed by atoms with Gasteiger partial charge in [-0.05, 0) is 12.8 Å². The molecule has 8 heteroatoms. The van der Waals surface area contributed by atoms with Gasteiger partial charge in [0, 0.05) is 23.7 Å². The van der Waals surface area contributed by atoms with Gasteiger partial charge in [0.15, 0.2) is 5.76 Å². The van der Waals surface area contributed by atoms with Crippen molar-refractivity contribution in [3.05, 3.63) is 63.6 Å². The minimum atomic E-state index is -1.19. The van der Waals surface area contributed by atoms with E-state index in [4.69, 9.17) is 9.52 Å². The fraction of sp³-hybridized carbons (Fsp3) is 0.250. The number of nitrogens with zero attached hydrogens (tertiary/aromatic N) is 2. The average Bonchev–Trinajstić information content (AvgIpc) is 3.27. The molecule has 1 aromatic carbocycles. The van der Waals surface area contributed by atoms with Gasteiger partial charge >= 0.3 is 5.97 Å². The molecule has 1 N–H and O–H groups in total. The van der Waals surface area contributed by atoms with Crippen molar-refractivity contribution >= 4 is 17.6 Å². The van der Waals surface area contributed by atoms with E-state index in [0.717, 1.165) is 19.1 Å². The van der Waals surface area contributed by atoms with Crippen LogP contribution in [0.3, 0.4) is 0 Å². The first-order valence-corrected chi connectivity index (χ1v) is 7.32. The lowest BCUT2D eigenvalue weighted by atomic mass is 10.1. The molecular formula is C16H14N2O6. The summed E-state index contributed by atoms with van der Waals surface area (Å²) in [5.41, 5.74) is 0.258. The Morgan fingerprint density at radius 1 is 1.33 bits per heavy atom. The highest BCUT2D eigenvalue weighted by Crippen LogP contribution is 2.32. The molecule has 0 atom stereocenters. The molecule has 0 unspecified atom stereocenters. The summed E-state index contributed by atoms with van der Waals surface area (Å²) in [4.78, 5) is 35.7. The summed E-state index contributed by atoms with van der Waals surface area (Å²) in [6.45, 7) is 0.0732. The lowest BCUT2D eigenvalue weighted by molar-refractivity contribution is -0.385. The normalized spacial score (nSPS) is 13.5. The van der Waals surface area contributed by atoms with E-state index in [9.17, 15) is 19.7 Å². The number of nitro benzene ring substituents is 1. The molecule has 8 nitrogen and oxygen atoms in total. The Hall–Kier alpha value is -3.16. The van der Waals surface area contributed by atoms with Gasteiger partial charge in [0.2, 0.25) is 0 Å². The van der Waals surface area contributed by atoms with E-state index < -0.39 is 16.8 Å². The average molecular weight is 330 g/mol. The van der Waals surface area contributed by atoms with E-state index in [1.54, 1.807) is 18.2 Å². The van der Waals surface area contributed by atoms with Gasteiger partial charge < -0.3 is 14.4 Å². The third kappa shape index (κ3) is 3.12. The largest absolute Gasteiger partial charge is 0.478 e. The molecule has 1 aliphatic rings. The maximum absolute atomic E-state index is 12.6. The number of carbonyl (C=O) groups is 2. The summed E-state index contributed by atoms with van der Waals surface area (Å²) in [7, 11) is 0. The summed E-state index contributed by atoms with van der Waals surface area (Å²) >= 11 is 0. The fourth-order valence-electron chi connectivity index (χ4n) is 2.46. The van der Waals surface area contributed by atoms with Crippen molar-refractivity contribution in [1.29, 1.82) is 0 Å². The van der Waals surface area contributed by atoms with Gasteiger partial charge in [-0.2, -0.15) is 0 Å². The maximum Gasteiger partial charge on any atom is 0.338 e. The molecule has 2 aromatic rings. The van der Waals surface area contributed by atoms with Crippen LogP contribution >= 0.6 is 0 Å². The van der Waals surface area contributed by atoms with Crippen molar-refractivity contribution in [3.8, 4) is 0 Å². The Balaban J connectivity index is 1.86. The number of aromatic carboxylic acids is 1. The topological polar surface area (TPSA) is 114 Å². The van der Waals surface area contributed by atoms with Crippen molar-refractivity contribution in [3.63, 3.8) is 0 Å². The van der Waals surface area contributed by atoms with E-state index in [1.165, 1.54) is 17.0 Å². The Morgan fingerprint density at radius 2 is 2.04 bits per heavy atom. The second-order valence-corrected chi connectivity index (χ2v) is 5.55. The fourth-order valence-corrected chi connectivity index (χ4v) is 2.46. The summed E-state index contributed by atoms with van der Waals surface area (Å²) in [6.07, 6.45) is 2.61. The standard InChI is InChI=1S/C16H14N2O6/c19-15(14-7-11(9-24-14)16(20)21)17(12-5-6-12)8-10-3-1-2-4-13(10)18(22)23/h1-4,7,9,12H,5-6,8H2,(H,20,21). The second kappa shape index (κ2) is 6.15. The zero-order chi connectivity index (χ0) is 17.3. The molecule has 24 heavy (non-hydrogen) atoms. The van der Waals surface area contributed by atoms with Crippen molar-refractivity contribution < 1.29 is 24.0 Å². The summed E-state index contributed by atoms with van der Waals surface area (Å²) in [5, 5.41) is 20.0. The van der Waals surface area contributed by atoms with E-state index in [1.807, 2.05) is 0 Å². The molecule has 1 fully saturated rings. The predicted molar refractivity (Wildman–Crippen MR) is 81.7 cm³/mol. The minimum Gasteiger partial charge on any atom is -0.478 e. The highest BCUT2D eigenvalue weighted by Gasteiger charge is 2.35. The first-order valence-electron chi connectivity index (χ1n) is 7.32. The minimum absolute atomic E-state index is 0.0179. The third-order valence-corrected chi connectivity index (χ3v) is 3.83. The quantitative estimate of drug-likeness (QED) is 0.643.